The third-order valence-electron chi connectivity index (χ3n) is 3.83. The number of nitrogens with zero attached hydrogens (tertiary/aromatic N) is 1. The van der Waals surface area contributed by atoms with Crippen molar-refractivity contribution in [2.75, 3.05) is 6.54 Å². The highest BCUT2D eigenvalue weighted by Crippen LogP contribution is 2.21. The molecule has 0 fully saturated rings. The second-order valence-electron chi connectivity index (χ2n) is 6.07. The SMILES string of the molecule is CCCNCc1cccc2c1ccn2CCCC(C)C. The number of benzene rings is 1. The van der Waals surface area contributed by atoms with Crippen LogP contribution >= 0.6 is 0 Å². The molecule has 0 spiro atoms. The molecule has 2 rings (SSSR count). The van der Waals surface area contributed by atoms with Gasteiger partial charge < -0.3 is 9.88 Å². The smallest absolute Gasteiger partial charge is 0.0483 e. The Morgan fingerprint density at radius 3 is 2.80 bits per heavy atom. The van der Waals surface area contributed by atoms with Gasteiger partial charge in [-0.2, -0.15) is 0 Å². The predicted molar refractivity (Wildman–Crippen MR) is 88.0 cm³/mol. The fourth-order valence-electron chi connectivity index (χ4n) is 2.71. The Balaban J connectivity index is 2.08. The van der Waals surface area contributed by atoms with Crippen LogP contribution in [0.25, 0.3) is 10.9 Å². The van der Waals surface area contributed by atoms with Crippen molar-refractivity contribution < 1.29 is 0 Å². The van der Waals surface area contributed by atoms with Crippen molar-refractivity contribution in [1.29, 1.82) is 0 Å². The maximum absolute atomic E-state index is 3.50. The molecule has 0 saturated heterocycles. The lowest BCUT2D eigenvalue weighted by Gasteiger charge is -2.09. The van der Waals surface area contributed by atoms with Gasteiger partial charge in [0.15, 0.2) is 0 Å². The van der Waals surface area contributed by atoms with E-state index in [1.807, 2.05) is 0 Å². The Morgan fingerprint density at radius 2 is 2.05 bits per heavy atom. The fourth-order valence-corrected chi connectivity index (χ4v) is 2.71. The van der Waals surface area contributed by atoms with Gasteiger partial charge >= 0.3 is 0 Å². The van der Waals surface area contributed by atoms with E-state index >= 15 is 0 Å². The van der Waals surface area contributed by atoms with E-state index in [0.29, 0.717) is 0 Å². The number of hydrogen-bond donors (Lipinski definition) is 1. The topological polar surface area (TPSA) is 17.0 Å². The average Bonchev–Trinajstić information content (AvgIpc) is 2.83. The van der Waals surface area contributed by atoms with E-state index < -0.39 is 0 Å². The molecule has 1 aromatic heterocycles. The minimum absolute atomic E-state index is 0.797. The monoisotopic (exact) mass is 272 g/mol. The molecule has 0 radical (unpaired) electrons. The van der Waals surface area contributed by atoms with Crippen molar-refractivity contribution in [1.82, 2.24) is 9.88 Å². The van der Waals surface area contributed by atoms with Crippen LogP contribution in [0.3, 0.4) is 0 Å². The minimum atomic E-state index is 0.797. The first-order valence-corrected chi connectivity index (χ1v) is 7.99. The second-order valence-corrected chi connectivity index (χ2v) is 6.07. The molecule has 1 N–H and O–H groups in total. The highest BCUT2D eigenvalue weighted by Gasteiger charge is 2.05. The van der Waals surface area contributed by atoms with E-state index in [-0.39, 0.29) is 0 Å². The molecule has 0 unspecified atom stereocenters. The number of rotatable bonds is 8. The zero-order valence-electron chi connectivity index (χ0n) is 13.2. The highest BCUT2D eigenvalue weighted by molar-refractivity contribution is 5.83. The van der Waals surface area contributed by atoms with Crippen molar-refractivity contribution in [3.05, 3.63) is 36.0 Å². The van der Waals surface area contributed by atoms with Gasteiger partial charge in [-0.05, 0) is 49.4 Å². The zero-order valence-corrected chi connectivity index (χ0v) is 13.2. The molecule has 0 aliphatic rings. The lowest BCUT2D eigenvalue weighted by molar-refractivity contribution is 0.518. The van der Waals surface area contributed by atoms with Gasteiger partial charge in [-0.3, -0.25) is 0 Å². The molecule has 20 heavy (non-hydrogen) atoms. The van der Waals surface area contributed by atoms with Crippen molar-refractivity contribution in [2.45, 2.75) is 53.1 Å². The Hall–Kier alpha value is -1.28. The van der Waals surface area contributed by atoms with Crippen LogP contribution in [0, 0.1) is 5.92 Å². The molecule has 0 amide bonds. The summed E-state index contributed by atoms with van der Waals surface area (Å²) in [7, 11) is 0. The molecule has 0 atom stereocenters. The van der Waals surface area contributed by atoms with Crippen LogP contribution < -0.4 is 5.32 Å². The first-order valence-electron chi connectivity index (χ1n) is 7.99. The first-order chi connectivity index (χ1) is 9.72. The van der Waals surface area contributed by atoms with Crippen LogP contribution in [0.5, 0.6) is 0 Å². The Kier molecular flexibility index (Phi) is 5.66. The van der Waals surface area contributed by atoms with Crippen LogP contribution in [0.1, 0.15) is 45.6 Å². The number of nitrogens with one attached hydrogen (secondary N) is 1. The second kappa shape index (κ2) is 7.49. The summed E-state index contributed by atoms with van der Waals surface area (Å²) in [4.78, 5) is 0. The maximum Gasteiger partial charge on any atom is 0.0483 e. The quantitative estimate of drug-likeness (QED) is 0.696. The summed E-state index contributed by atoms with van der Waals surface area (Å²) in [5.41, 5.74) is 2.79. The molecule has 0 aliphatic heterocycles. The Morgan fingerprint density at radius 1 is 1.20 bits per heavy atom. The van der Waals surface area contributed by atoms with Crippen LogP contribution in [0.15, 0.2) is 30.5 Å². The molecule has 110 valence electrons. The summed E-state index contributed by atoms with van der Waals surface area (Å²) in [6.45, 7) is 10.00. The van der Waals surface area contributed by atoms with Gasteiger partial charge in [-0.25, -0.2) is 0 Å². The molecule has 1 aromatic carbocycles. The summed E-state index contributed by atoms with van der Waals surface area (Å²) in [6.07, 6.45) is 6.00. The third kappa shape index (κ3) is 3.86. The standard InChI is InChI=1S/C18H28N2/c1-4-11-19-14-16-8-5-9-18-17(16)10-13-20(18)12-6-7-15(2)3/h5,8-10,13,15,19H,4,6-7,11-12,14H2,1-3H3. The summed E-state index contributed by atoms with van der Waals surface area (Å²) in [5, 5.41) is 4.90. The summed E-state index contributed by atoms with van der Waals surface area (Å²) in [6, 6.07) is 8.94. The Labute approximate surface area is 123 Å². The molecule has 2 aromatic rings. The largest absolute Gasteiger partial charge is 0.347 e. The van der Waals surface area contributed by atoms with Gasteiger partial charge in [0.2, 0.25) is 0 Å². The van der Waals surface area contributed by atoms with E-state index in [1.165, 1.54) is 35.7 Å². The van der Waals surface area contributed by atoms with E-state index in [1.54, 1.807) is 0 Å². The molecule has 0 saturated carbocycles. The summed E-state index contributed by atoms with van der Waals surface area (Å²) in [5.74, 6) is 0.797. The zero-order chi connectivity index (χ0) is 14.4. The van der Waals surface area contributed by atoms with Gasteiger partial charge in [0.1, 0.15) is 0 Å². The molecular formula is C18H28N2. The van der Waals surface area contributed by atoms with Crippen molar-refractivity contribution in [3.8, 4) is 0 Å². The lowest BCUT2D eigenvalue weighted by atomic mass is 10.1. The number of fused-ring (bicyclic) bond motifs is 1. The van der Waals surface area contributed by atoms with Crippen LogP contribution in [0.4, 0.5) is 0 Å². The van der Waals surface area contributed by atoms with Crippen LogP contribution in [0.2, 0.25) is 0 Å². The van der Waals surface area contributed by atoms with Crippen LogP contribution in [-0.2, 0) is 13.1 Å². The summed E-state index contributed by atoms with van der Waals surface area (Å²) < 4.78 is 2.40. The number of aryl methyl sites for hydroxylation is 1. The normalized spacial score (nSPS) is 11.6. The summed E-state index contributed by atoms with van der Waals surface area (Å²) >= 11 is 0. The van der Waals surface area contributed by atoms with Gasteiger partial charge in [0.25, 0.3) is 0 Å². The van der Waals surface area contributed by atoms with Crippen molar-refractivity contribution >= 4 is 10.9 Å². The average molecular weight is 272 g/mol. The third-order valence-corrected chi connectivity index (χ3v) is 3.83. The number of aromatic nitrogens is 1. The molecule has 0 bridgehead atoms. The molecule has 1 heterocycles. The van der Waals surface area contributed by atoms with E-state index in [2.05, 4.69) is 61.1 Å². The van der Waals surface area contributed by atoms with Crippen molar-refractivity contribution in [3.63, 3.8) is 0 Å². The maximum atomic E-state index is 3.50. The highest BCUT2D eigenvalue weighted by atomic mass is 14.9. The van der Waals surface area contributed by atoms with Crippen LogP contribution in [-0.4, -0.2) is 11.1 Å². The van der Waals surface area contributed by atoms with E-state index in [4.69, 9.17) is 0 Å². The van der Waals surface area contributed by atoms with Gasteiger partial charge in [0.05, 0.1) is 0 Å². The van der Waals surface area contributed by atoms with Crippen molar-refractivity contribution in [2.24, 2.45) is 5.92 Å². The molecule has 2 nitrogen and oxygen atoms in total. The molecule has 2 heteroatoms. The van der Waals surface area contributed by atoms with E-state index in [9.17, 15) is 0 Å². The van der Waals surface area contributed by atoms with Gasteiger partial charge in [-0.1, -0.05) is 32.9 Å². The Bertz CT molecular complexity index is 525. The van der Waals surface area contributed by atoms with Gasteiger partial charge in [0, 0.05) is 30.2 Å². The number of hydrogen-bond acceptors (Lipinski definition) is 1. The molecule has 0 aliphatic carbocycles. The molecular weight excluding hydrogens is 244 g/mol. The predicted octanol–water partition coefficient (Wildman–Crippen LogP) is 4.58. The minimum Gasteiger partial charge on any atom is -0.347 e. The first kappa shape index (κ1) is 15.1. The van der Waals surface area contributed by atoms with Gasteiger partial charge in [-0.15, -0.1) is 0 Å². The lowest BCUT2D eigenvalue weighted by Crippen LogP contribution is -2.13. The fraction of sp³-hybridized carbons (Fsp3) is 0.556. The van der Waals surface area contributed by atoms with E-state index in [0.717, 1.165) is 25.6 Å².